The summed E-state index contributed by atoms with van der Waals surface area (Å²) in [5.41, 5.74) is 10.2. The molecule has 0 heterocycles. The van der Waals surface area contributed by atoms with E-state index in [1.165, 1.54) is 0 Å². The molecular weight excluding hydrogens is 432 g/mol. The van der Waals surface area contributed by atoms with Crippen LogP contribution >= 0.6 is 0 Å². The van der Waals surface area contributed by atoms with Crippen molar-refractivity contribution in [1.29, 1.82) is 0 Å². The zero-order valence-electron chi connectivity index (χ0n) is 20.1. The number of aryl methyl sites for hydroxylation is 2. The Morgan fingerprint density at radius 3 is 1.46 bits per heavy atom. The number of benzene rings is 4. The molecule has 4 nitrogen and oxygen atoms in total. The summed E-state index contributed by atoms with van der Waals surface area (Å²) in [5, 5.41) is 3.04. The average Bonchev–Trinajstić information content (AvgIpc) is 2.88. The lowest BCUT2D eigenvalue weighted by molar-refractivity contribution is -0.129. The van der Waals surface area contributed by atoms with Crippen LogP contribution in [0.15, 0.2) is 109 Å². The van der Waals surface area contributed by atoms with Crippen LogP contribution in [0.25, 0.3) is 0 Å². The van der Waals surface area contributed by atoms with Gasteiger partial charge in [-0.15, -0.1) is 0 Å². The van der Waals surface area contributed by atoms with Crippen LogP contribution in [-0.4, -0.2) is 17.9 Å². The molecule has 0 spiro atoms. The maximum atomic E-state index is 14.4. The second-order valence-electron chi connectivity index (χ2n) is 8.85. The number of hydrogen-bond donors (Lipinski definition) is 2. The van der Waals surface area contributed by atoms with Gasteiger partial charge in [-0.1, -0.05) is 109 Å². The third-order valence-electron chi connectivity index (χ3n) is 6.66. The second-order valence-corrected chi connectivity index (χ2v) is 8.85. The first-order chi connectivity index (χ1) is 16.9. The quantitative estimate of drug-likeness (QED) is 0.368. The summed E-state index contributed by atoms with van der Waals surface area (Å²) in [4.78, 5) is 27.0. The molecule has 176 valence electrons. The normalized spacial score (nSPS) is 12.1. The molecule has 0 unspecified atom stereocenters. The Hall–Kier alpha value is -4.18. The van der Waals surface area contributed by atoms with E-state index >= 15 is 0 Å². The van der Waals surface area contributed by atoms with E-state index in [9.17, 15) is 9.59 Å². The molecule has 0 aliphatic heterocycles. The van der Waals surface area contributed by atoms with Crippen molar-refractivity contribution in [2.45, 2.75) is 31.7 Å². The maximum absolute atomic E-state index is 14.4. The molecule has 4 rings (SSSR count). The Bertz CT molecular complexity index is 1190. The van der Waals surface area contributed by atoms with Crippen LogP contribution in [0.3, 0.4) is 0 Å². The largest absolute Gasteiger partial charge is 0.368 e. The lowest BCUT2D eigenvalue weighted by Crippen LogP contribution is -2.54. The van der Waals surface area contributed by atoms with Crippen molar-refractivity contribution in [3.05, 3.63) is 143 Å². The zero-order chi connectivity index (χ0) is 24.8. The molecule has 1 atom stereocenters. The van der Waals surface area contributed by atoms with E-state index in [-0.39, 0.29) is 5.91 Å². The van der Waals surface area contributed by atoms with Crippen molar-refractivity contribution >= 4 is 11.8 Å². The van der Waals surface area contributed by atoms with E-state index in [2.05, 4.69) is 5.32 Å². The lowest BCUT2D eigenvalue weighted by atomic mass is 9.68. The zero-order valence-corrected chi connectivity index (χ0v) is 20.1. The molecule has 0 fully saturated rings. The number of rotatable bonds is 8. The monoisotopic (exact) mass is 462 g/mol. The van der Waals surface area contributed by atoms with E-state index < -0.39 is 17.4 Å². The van der Waals surface area contributed by atoms with Gasteiger partial charge in [-0.05, 0) is 47.2 Å². The van der Waals surface area contributed by atoms with Gasteiger partial charge < -0.3 is 11.1 Å². The van der Waals surface area contributed by atoms with Gasteiger partial charge >= 0.3 is 0 Å². The Morgan fingerprint density at radius 2 is 1.09 bits per heavy atom. The molecule has 0 saturated heterocycles. The van der Waals surface area contributed by atoms with Crippen molar-refractivity contribution in [3.63, 3.8) is 0 Å². The fourth-order valence-electron chi connectivity index (χ4n) is 4.82. The van der Waals surface area contributed by atoms with Crippen LogP contribution in [0.5, 0.6) is 0 Å². The summed E-state index contributed by atoms with van der Waals surface area (Å²) < 4.78 is 0. The molecular formula is C31H30N2O2. The summed E-state index contributed by atoms with van der Waals surface area (Å²) in [6.07, 6.45) is 0.327. The van der Waals surface area contributed by atoms with Gasteiger partial charge in [0.2, 0.25) is 11.8 Å². The molecule has 4 heteroatoms. The average molecular weight is 463 g/mol. The summed E-state index contributed by atoms with van der Waals surface area (Å²) in [5.74, 6) is -0.861. The van der Waals surface area contributed by atoms with E-state index in [0.29, 0.717) is 6.42 Å². The first kappa shape index (κ1) is 24.0. The van der Waals surface area contributed by atoms with Gasteiger partial charge in [-0.2, -0.15) is 0 Å². The van der Waals surface area contributed by atoms with Crippen LogP contribution in [-0.2, 0) is 21.4 Å². The molecule has 0 saturated carbocycles. The maximum Gasteiger partial charge on any atom is 0.240 e. The van der Waals surface area contributed by atoms with Crippen molar-refractivity contribution in [2.75, 3.05) is 0 Å². The summed E-state index contributed by atoms with van der Waals surface area (Å²) >= 11 is 0. The van der Waals surface area contributed by atoms with E-state index in [1.807, 2.05) is 123 Å². The minimum absolute atomic E-state index is 0.295. The Labute approximate surface area is 206 Å². The number of primary amides is 1. The molecule has 4 aromatic rings. The Morgan fingerprint density at radius 1 is 0.686 bits per heavy atom. The van der Waals surface area contributed by atoms with Gasteiger partial charge in [0, 0.05) is 6.42 Å². The number of carbonyl (C=O) groups excluding carboxylic acids is 2. The smallest absolute Gasteiger partial charge is 0.240 e. The summed E-state index contributed by atoms with van der Waals surface area (Å²) in [6, 6.07) is 34.1. The van der Waals surface area contributed by atoms with E-state index in [4.69, 9.17) is 5.73 Å². The highest BCUT2D eigenvalue weighted by atomic mass is 16.2. The van der Waals surface area contributed by atoms with Crippen LogP contribution in [0.2, 0.25) is 0 Å². The highest BCUT2D eigenvalue weighted by molar-refractivity contribution is 5.98. The molecule has 0 aliphatic rings. The molecule has 0 aromatic heterocycles. The van der Waals surface area contributed by atoms with Crippen LogP contribution in [0.1, 0.15) is 33.4 Å². The number of carbonyl (C=O) groups is 2. The topological polar surface area (TPSA) is 72.2 Å². The molecule has 0 aliphatic carbocycles. The third kappa shape index (κ3) is 4.73. The van der Waals surface area contributed by atoms with Gasteiger partial charge in [0.15, 0.2) is 0 Å². The van der Waals surface area contributed by atoms with Crippen LogP contribution in [0.4, 0.5) is 0 Å². The minimum Gasteiger partial charge on any atom is -0.368 e. The first-order valence-electron chi connectivity index (χ1n) is 11.8. The Balaban J connectivity index is 1.86. The minimum atomic E-state index is -1.17. The fourth-order valence-corrected chi connectivity index (χ4v) is 4.82. The predicted molar refractivity (Wildman–Crippen MR) is 140 cm³/mol. The fraction of sp³-hybridized carbons (Fsp3) is 0.161. The van der Waals surface area contributed by atoms with Gasteiger partial charge in [0.05, 0.1) is 0 Å². The lowest BCUT2D eigenvalue weighted by Gasteiger charge is -2.35. The van der Waals surface area contributed by atoms with E-state index in [0.717, 1.165) is 33.4 Å². The second kappa shape index (κ2) is 10.4. The van der Waals surface area contributed by atoms with Crippen LogP contribution in [0, 0.1) is 13.8 Å². The third-order valence-corrected chi connectivity index (χ3v) is 6.66. The SMILES string of the molecule is Cc1cccc(C)c1C[C@H](NC(=O)C(c1ccccc1)(c1ccccc1)c1ccccc1)C(N)=O. The standard InChI is InChI=1S/C31H30N2O2/c1-22-13-12-14-23(2)27(22)21-28(29(32)34)33-30(35)31(24-15-6-3-7-16-24,25-17-8-4-9-18-25)26-19-10-5-11-20-26/h3-20,28H,21H2,1-2H3,(H2,32,34)(H,33,35)/t28-/m0/s1. The van der Waals surface area contributed by atoms with Crippen molar-refractivity contribution < 1.29 is 9.59 Å². The van der Waals surface area contributed by atoms with Crippen molar-refractivity contribution in [1.82, 2.24) is 5.32 Å². The van der Waals surface area contributed by atoms with Gasteiger partial charge in [-0.25, -0.2) is 0 Å². The predicted octanol–water partition coefficient (Wildman–Crippen LogP) is 4.85. The number of hydrogen-bond acceptors (Lipinski definition) is 2. The molecule has 4 aromatic carbocycles. The van der Waals surface area contributed by atoms with E-state index in [1.54, 1.807) is 0 Å². The summed E-state index contributed by atoms with van der Waals surface area (Å²) in [7, 11) is 0. The van der Waals surface area contributed by atoms with Gasteiger partial charge in [0.1, 0.15) is 11.5 Å². The molecule has 2 amide bonds. The van der Waals surface area contributed by atoms with Gasteiger partial charge in [0.25, 0.3) is 0 Å². The number of amides is 2. The van der Waals surface area contributed by atoms with Crippen molar-refractivity contribution in [3.8, 4) is 0 Å². The number of nitrogens with two attached hydrogens (primary N) is 1. The van der Waals surface area contributed by atoms with Crippen molar-refractivity contribution in [2.24, 2.45) is 5.73 Å². The van der Waals surface area contributed by atoms with Crippen LogP contribution < -0.4 is 11.1 Å². The first-order valence-corrected chi connectivity index (χ1v) is 11.8. The molecule has 0 bridgehead atoms. The Kier molecular flexibility index (Phi) is 7.11. The number of nitrogens with one attached hydrogen (secondary N) is 1. The molecule has 0 radical (unpaired) electrons. The summed E-state index contributed by atoms with van der Waals surface area (Å²) in [6.45, 7) is 4.01. The van der Waals surface area contributed by atoms with Gasteiger partial charge in [-0.3, -0.25) is 9.59 Å². The highest BCUT2D eigenvalue weighted by Crippen LogP contribution is 2.39. The highest BCUT2D eigenvalue weighted by Gasteiger charge is 2.44. The molecule has 3 N–H and O–H groups in total. The molecule has 35 heavy (non-hydrogen) atoms.